The van der Waals surface area contributed by atoms with Crippen molar-refractivity contribution in [3.8, 4) is 0 Å². The Morgan fingerprint density at radius 1 is 1.12 bits per heavy atom. The average molecular weight is 226 g/mol. The second-order valence-electron chi connectivity index (χ2n) is 5.12. The summed E-state index contributed by atoms with van der Waals surface area (Å²) in [6.07, 6.45) is 6.03. The van der Waals surface area contributed by atoms with Crippen molar-refractivity contribution in [3.05, 3.63) is 11.6 Å². The molecule has 0 amide bonds. The number of hydrogen-bond donors (Lipinski definition) is 0. The average Bonchev–Trinajstić information content (AvgIpc) is 2.21. The lowest BCUT2D eigenvalue weighted by molar-refractivity contribution is -0.136. The Balaban J connectivity index is 4.24. The van der Waals surface area contributed by atoms with E-state index in [1.54, 1.807) is 0 Å². The van der Waals surface area contributed by atoms with Crippen LogP contribution in [0.15, 0.2) is 11.6 Å². The van der Waals surface area contributed by atoms with Crippen LogP contribution in [0.2, 0.25) is 0 Å². The first-order chi connectivity index (χ1) is 7.47. The Labute approximate surface area is 100 Å². The second-order valence-corrected chi connectivity index (χ2v) is 5.12. The molecule has 0 fully saturated rings. The lowest BCUT2D eigenvalue weighted by Crippen LogP contribution is -2.06. The lowest BCUT2D eigenvalue weighted by Gasteiger charge is -2.08. The third kappa shape index (κ3) is 7.49. The van der Waals surface area contributed by atoms with Gasteiger partial charge in [0.25, 0.3) is 0 Å². The van der Waals surface area contributed by atoms with Crippen LogP contribution in [0.4, 0.5) is 0 Å². The van der Waals surface area contributed by atoms with E-state index in [0.29, 0.717) is 11.8 Å². The zero-order valence-electron chi connectivity index (χ0n) is 11.4. The molecule has 0 aromatic heterocycles. The minimum Gasteiger partial charge on any atom is -0.466 e. The molecule has 0 unspecified atom stereocenters. The third-order valence-electron chi connectivity index (χ3n) is 2.57. The van der Waals surface area contributed by atoms with Crippen LogP contribution in [0.3, 0.4) is 0 Å². The van der Waals surface area contributed by atoms with Crippen molar-refractivity contribution in [2.75, 3.05) is 7.11 Å². The van der Waals surface area contributed by atoms with Crippen molar-refractivity contribution in [2.24, 2.45) is 11.8 Å². The molecule has 0 N–H and O–H groups in total. The van der Waals surface area contributed by atoms with Crippen LogP contribution in [-0.4, -0.2) is 13.1 Å². The van der Waals surface area contributed by atoms with E-state index in [9.17, 15) is 4.79 Å². The minimum absolute atomic E-state index is 0.163. The summed E-state index contributed by atoms with van der Waals surface area (Å²) in [5.74, 6) is 1.14. The largest absolute Gasteiger partial charge is 0.466 e. The van der Waals surface area contributed by atoms with Gasteiger partial charge < -0.3 is 4.74 Å². The highest BCUT2D eigenvalue weighted by Crippen LogP contribution is 2.15. The molecule has 2 nitrogen and oxygen atoms in total. The minimum atomic E-state index is -0.163. The Morgan fingerprint density at radius 3 is 2.12 bits per heavy atom. The molecule has 2 heteroatoms. The molecule has 0 saturated heterocycles. The second kappa shape index (κ2) is 8.37. The van der Waals surface area contributed by atoms with Crippen molar-refractivity contribution in [1.82, 2.24) is 0 Å². The highest BCUT2D eigenvalue weighted by Gasteiger charge is 2.09. The lowest BCUT2D eigenvalue weighted by atomic mass is 10.0. The van der Waals surface area contributed by atoms with Crippen LogP contribution >= 0.6 is 0 Å². The fourth-order valence-corrected chi connectivity index (χ4v) is 1.45. The first-order valence-electron chi connectivity index (χ1n) is 6.24. The normalized spacial score (nSPS) is 12.3. The molecule has 0 radical (unpaired) electrons. The van der Waals surface area contributed by atoms with Crippen molar-refractivity contribution in [3.63, 3.8) is 0 Å². The van der Waals surface area contributed by atoms with Gasteiger partial charge in [-0.05, 0) is 37.5 Å². The van der Waals surface area contributed by atoms with E-state index < -0.39 is 0 Å². The summed E-state index contributed by atoms with van der Waals surface area (Å²) in [5.41, 5.74) is 0.844. The van der Waals surface area contributed by atoms with Gasteiger partial charge in [-0.25, -0.2) is 4.79 Å². The quantitative estimate of drug-likeness (QED) is 0.485. The highest BCUT2D eigenvalue weighted by molar-refractivity contribution is 5.88. The van der Waals surface area contributed by atoms with Crippen molar-refractivity contribution in [2.45, 2.75) is 53.4 Å². The summed E-state index contributed by atoms with van der Waals surface area (Å²) in [7, 11) is 1.45. The van der Waals surface area contributed by atoms with Crippen LogP contribution in [0.1, 0.15) is 53.4 Å². The van der Waals surface area contributed by atoms with Gasteiger partial charge in [-0.1, -0.05) is 33.8 Å². The van der Waals surface area contributed by atoms with E-state index in [2.05, 4.69) is 27.7 Å². The molecular weight excluding hydrogens is 200 g/mol. The fourth-order valence-electron chi connectivity index (χ4n) is 1.45. The molecule has 0 saturated carbocycles. The maximum absolute atomic E-state index is 11.5. The predicted octanol–water partition coefficient (Wildman–Crippen LogP) is 3.96. The van der Waals surface area contributed by atoms with E-state index in [1.807, 2.05) is 6.08 Å². The SMILES string of the molecule is COC(=O)/C(=C\CCC(C)C)CCC(C)C. The molecule has 0 aliphatic heterocycles. The van der Waals surface area contributed by atoms with Crippen molar-refractivity contribution < 1.29 is 9.53 Å². The van der Waals surface area contributed by atoms with Gasteiger partial charge in [0.15, 0.2) is 0 Å². The molecular formula is C14H26O2. The van der Waals surface area contributed by atoms with Crippen LogP contribution in [0, 0.1) is 11.8 Å². The zero-order valence-corrected chi connectivity index (χ0v) is 11.4. The molecule has 0 aromatic rings. The maximum atomic E-state index is 11.5. The van der Waals surface area contributed by atoms with Gasteiger partial charge in [-0.2, -0.15) is 0 Å². The molecule has 0 aliphatic carbocycles. The molecule has 0 aromatic carbocycles. The number of ether oxygens (including phenoxy) is 1. The van der Waals surface area contributed by atoms with E-state index in [4.69, 9.17) is 4.74 Å². The van der Waals surface area contributed by atoms with Crippen LogP contribution < -0.4 is 0 Å². The number of allylic oxidation sites excluding steroid dienone is 1. The molecule has 0 atom stereocenters. The summed E-state index contributed by atoms with van der Waals surface area (Å²) in [5, 5.41) is 0. The van der Waals surface area contributed by atoms with Crippen LogP contribution in [0.5, 0.6) is 0 Å². The van der Waals surface area contributed by atoms with Gasteiger partial charge >= 0.3 is 5.97 Å². The van der Waals surface area contributed by atoms with Gasteiger partial charge in [-0.3, -0.25) is 0 Å². The van der Waals surface area contributed by atoms with Gasteiger partial charge in [0.05, 0.1) is 7.11 Å². The number of hydrogen-bond acceptors (Lipinski definition) is 2. The fraction of sp³-hybridized carbons (Fsp3) is 0.786. The number of carbonyl (C=O) groups is 1. The standard InChI is InChI=1S/C14H26O2/c1-11(2)7-6-8-13(14(15)16-5)10-9-12(3)4/h8,11-12H,6-7,9-10H2,1-5H3/b13-8-. The first-order valence-corrected chi connectivity index (χ1v) is 6.24. The topological polar surface area (TPSA) is 26.3 Å². The predicted molar refractivity (Wildman–Crippen MR) is 68.2 cm³/mol. The summed E-state index contributed by atoms with van der Waals surface area (Å²) >= 11 is 0. The monoisotopic (exact) mass is 226 g/mol. The van der Waals surface area contributed by atoms with E-state index in [0.717, 1.165) is 31.3 Å². The Morgan fingerprint density at radius 2 is 1.69 bits per heavy atom. The molecule has 0 spiro atoms. The summed E-state index contributed by atoms with van der Waals surface area (Å²) in [6, 6.07) is 0. The summed E-state index contributed by atoms with van der Waals surface area (Å²) in [6.45, 7) is 8.73. The molecule has 0 rings (SSSR count). The van der Waals surface area contributed by atoms with Gasteiger partial charge in [0.2, 0.25) is 0 Å². The number of rotatable bonds is 7. The number of esters is 1. The molecule has 0 aliphatic rings. The Bertz CT molecular complexity index is 227. The first kappa shape index (κ1) is 15.2. The summed E-state index contributed by atoms with van der Waals surface area (Å²) in [4.78, 5) is 11.5. The maximum Gasteiger partial charge on any atom is 0.333 e. The molecule has 94 valence electrons. The highest BCUT2D eigenvalue weighted by atomic mass is 16.5. The summed E-state index contributed by atoms with van der Waals surface area (Å²) < 4.78 is 4.79. The molecule has 0 bridgehead atoms. The Kier molecular flexibility index (Phi) is 7.96. The van der Waals surface area contributed by atoms with E-state index in [1.165, 1.54) is 7.11 Å². The molecule has 16 heavy (non-hydrogen) atoms. The number of methoxy groups -OCH3 is 1. The van der Waals surface area contributed by atoms with Crippen molar-refractivity contribution >= 4 is 5.97 Å². The van der Waals surface area contributed by atoms with Crippen molar-refractivity contribution in [1.29, 1.82) is 0 Å². The smallest absolute Gasteiger partial charge is 0.333 e. The van der Waals surface area contributed by atoms with Crippen LogP contribution in [0.25, 0.3) is 0 Å². The Hall–Kier alpha value is -0.790. The molecule has 0 heterocycles. The third-order valence-corrected chi connectivity index (χ3v) is 2.57. The van der Waals surface area contributed by atoms with Gasteiger partial charge in [0, 0.05) is 5.57 Å². The van der Waals surface area contributed by atoms with Gasteiger partial charge in [-0.15, -0.1) is 0 Å². The van der Waals surface area contributed by atoms with Gasteiger partial charge in [0.1, 0.15) is 0 Å². The van der Waals surface area contributed by atoms with E-state index >= 15 is 0 Å². The van der Waals surface area contributed by atoms with Crippen LogP contribution in [-0.2, 0) is 9.53 Å². The zero-order chi connectivity index (χ0) is 12.6. The van der Waals surface area contributed by atoms with E-state index in [-0.39, 0.29) is 5.97 Å². The number of carbonyl (C=O) groups excluding carboxylic acids is 1.